The molecule has 2 rings (SSSR count). The van der Waals surface area contributed by atoms with E-state index in [1.54, 1.807) is 12.1 Å². The van der Waals surface area contributed by atoms with Crippen LogP contribution in [-0.4, -0.2) is 38.5 Å². The van der Waals surface area contributed by atoms with Crippen molar-refractivity contribution >= 4 is 11.8 Å². The Kier molecular flexibility index (Phi) is 7.16. The van der Waals surface area contributed by atoms with Gasteiger partial charge in [0.25, 0.3) is 11.8 Å². The standard InChI is InChI=1S/C20H25N3O2/c1-15-7-9-17(10-8-15)19(24)22-13-14-23-20(25)18-6-4-3-5-16(18)11-12-21-2/h3-10,21H,11-14H2,1-2H3,(H,22,24)(H,23,25). The van der Waals surface area contributed by atoms with Crippen LogP contribution in [0.2, 0.25) is 0 Å². The van der Waals surface area contributed by atoms with Crippen LogP contribution < -0.4 is 16.0 Å². The maximum absolute atomic E-state index is 12.3. The van der Waals surface area contributed by atoms with Crippen LogP contribution in [0.5, 0.6) is 0 Å². The second kappa shape index (κ2) is 9.59. The molecule has 5 nitrogen and oxygen atoms in total. The SMILES string of the molecule is CNCCc1ccccc1C(=O)NCCNC(=O)c1ccc(C)cc1. The lowest BCUT2D eigenvalue weighted by Gasteiger charge is -2.11. The summed E-state index contributed by atoms with van der Waals surface area (Å²) in [5.41, 5.74) is 3.43. The van der Waals surface area contributed by atoms with Gasteiger partial charge < -0.3 is 16.0 Å². The summed E-state index contributed by atoms with van der Waals surface area (Å²) in [5.74, 6) is -0.250. The predicted octanol–water partition coefficient (Wildman–Crippen LogP) is 1.92. The van der Waals surface area contributed by atoms with E-state index in [0.717, 1.165) is 24.1 Å². The third-order valence-electron chi connectivity index (χ3n) is 3.92. The summed E-state index contributed by atoms with van der Waals surface area (Å²) in [6, 6.07) is 15.0. The van der Waals surface area contributed by atoms with Crippen molar-refractivity contribution in [3.63, 3.8) is 0 Å². The Hall–Kier alpha value is -2.66. The van der Waals surface area contributed by atoms with Crippen molar-refractivity contribution < 1.29 is 9.59 Å². The molecule has 0 fully saturated rings. The first-order chi connectivity index (χ1) is 12.1. The molecule has 0 radical (unpaired) electrons. The number of amides is 2. The quantitative estimate of drug-likeness (QED) is 0.644. The molecule has 3 N–H and O–H groups in total. The average Bonchev–Trinajstić information content (AvgIpc) is 2.64. The summed E-state index contributed by atoms with van der Waals surface area (Å²) >= 11 is 0. The largest absolute Gasteiger partial charge is 0.350 e. The molecule has 25 heavy (non-hydrogen) atoms. The van der Waals surface area contributed by atoms with Gasteiger partial charge in [0.05, 0.1) is 0 Å². The monoisotopic (exact) mass is 339 g/mol. The number of hydrogen-bond donors (Lipinski definition) is 3. The van der Waals surface area contributed by atoms with Gasteiger partial charge in [-0.05, 0) is 50.7 Å². The molecule has 0 atom stereocenters. The van der Waals surface area contributed by atoms with Crippen LogP contribution in [0.4, 0.5) is 0 Å². The molecule has 2 amide bonds. The number of hydrogen-bond acceptors (Lipinski definition) is 3. The first-order valence-electron chi connectivity index (χ1n) is 8.47. The van der Waals surface area contributed by atoms with Gasteiger partial charge in [0, 0.05) is 24.2 Å². The third-order valence-corrected chi connectivity index (χ3v) is 3.92. The van der Waals surface area contributed by atoms with E-state index in [4.69, 9.17) is 0 Å². The molecule has 5 heteroatoms. The number of likely N-dealkylation sites (N-methyl/N-ethyl adjacent to an activating group) is 1. The highest BCUT2D eigenvalue weighted by molar-refractivity contribution is 5.96. The maximum Gasteiger partial charge on any atom is 0.251 e. The van der Waals surface area contributed by atoms with E-state index < -0.39 is 0 Å². The highest BCUT2D eigenvalue weighted by Gasteiger charge is 2.10. The second-order valence-electron chi connectivity index (χ2n) is 5.89. The van der Waals surface area contributed by atoms with Crippen molar-refractivity contribution in [3.05, 3.63) is 70.8 Å². The lowest BCUT2D eigenvalue weighted by molar-refractivity contribution is 0.0927. The van der Waals surface area contributed by atoms with Crippen LogP contribution in [0.3, 0.4) is 0 Å². The van der Waals surface area contributed by atoms with Crippen LogP contribution in [0.25, 0.3) is 0 Å². The molecular formula is C20H25N3O2. The van der Waals surface area contributed by atoms with E-state index in [-0.39, 0.29) is 11.8 Å². The number of carbonyl (C=O) groups excluding carboxylic acids is 2. The zero-order chi connectivity index (χ0) is 18.1. The smallest absolute Gasteiger partial charge is 0.251 e. The fourth-order valence-corrected chi connectivity index (χ4v) is 2.47. The normalized spacial score (nSPS) is 10.3. The van der Waals surface area contributed by atoms with Crippen molar-refractivity contribution in [3.8, 4) is 0 Å². The van der Waals surface area contributed by atoms with Crippen LogP contribution >= 0.6 is 0 Å². The molecule has 2 aromatic rings. The highest BCUT2D eigenvalue weighted by Crippen LogP contribution is 2.09. The summed E-state index contributed by atoms with van der Waals surface area (Å²) < 4.78 is 0. The van der Waals surface area contributed by atoms with Crippen LogP contribution in [-0.2, 0) is 6.42 Å². The summed E-state index contributed by atoms with van der Waals surface area (Å²) in [6.45, 7) is 3.57. The molecule has 0 heterocycles. The van der Waals surface area contributed by atoms with E-state index in [9.17, 15) is 9.59 Å². The molecule has 0 aliphatic carbocycles. The third kappa shape index (κ3) is 5.72. The number of aryl methyl sites for hydroxylation is 1. The molecule has 2 aromatic carbocycles. The molecule has 0 unspecified atom stereocenters. The van der Waals surface area contributed by atoms with Gasteiger partial charge in [0.1, 0.15) is 0 Å². The summed E-state index contributed by atoms with van der Waals surface area (Å²) in [6.07, 6.45) is 0.796. The lowest BCUT2D eigenvalue weighted by atomic mass is 10.0. The summed E-state index contributed by atoms with van der Waals surface area (Å²) in [4.78, 5) is 24.3. The molecule has 0 aliphatic rings. The molecule has 0 bridgehead atoms. The lowest BCUT2D eigenvalue weighted by Crippen LogP contribution is -2.35. The van der Waals surface area contributed by atoms with Gasteiger partial charge in [-0.2, -0.15) is 0 Å². The van der Waals surface area contributed by atoms with Gasteiger partial charge in [-0.15, -0.1) is 0 Å². The van der Waals surface area contributed by atoms with Crippen LogP contribution in [0.15, 0.2) is 48.5 Å². The zero-order valence-electron chi connectivity index (χ0n) is 14.8. The minimum Gasteiger partial charge on any atom is -0.350 e. The van der Waals surface area contributed by atoms with Gasteiger partial charge in [-0.3, -0.25) is 9.59 Å². The molecule has 0 saturated heterocycles. The summed E-state index contributed by atoms with van der Waals surface area (Å²) in [7, 11) is 1.89. The fourth-order valence-electron chi connectivity index (χ4n) is 2.47. The van der Waals surface area contributed by atoms with E-state index in [0.29, 0.717) is 24.2 Å². The van der Waals surface area contributed by atoms with Gasteiger partial charge in [-0.1, -0.05) is 35.9 Å². The highest BCUT2D eigenvalue weighted by atomic mass is 16.2. The van der Waals surface area contributed by atoms with Crippen molar-refractivity contribution in [2.24, 2.45) is 0 Å². The van der Waals surface area contributed by atoms with Crippen LogP contribution in [0.1, 0.15) is 31.8 Å². The Morgan fingerprint density at radius 2 is 1.48 bits per heavy atom. The van der Waals surface area contributed by atoms with E-state index in [2.05, 4.69) is 16.0 Å². The van der Waals surface area contributed by atoms with E-state index in [1.807, 2.05) is 50.4 Å². The summed E-state index contributed by atoms with van der Waals surface area (Å²) in [5, 5.41) is 8.76. The number of carbonyl (C=O) groups is 2. The Balaban J connectivity index is 1.81. The van der Waals surface area contributed by atoms with E-state index in [1.165, 1.54) is 0 Å². The van der Waals surface area contributed by atoms with Crippen molar-refractivity contribution in [1.82, 2.24) is 16.0 Å². The topological polar surface area (TPSA) is 70.2 Å². The van der Waals surface area contributed by atoms with Gasteiger partial charge in [-0.25, -0.2) is 0 Å². The Morgan fingerprint density at radius 1 is 0.840 bits per heavy atom. The molecule has 132 valence electrons. The Bertz CT molecular complexity index is 711. The van der Waals surface area contributed by atoms with Crippen LogP contribution in [0, 0.1) is 6.92 Å². The predicted molar refractivity (Wildman–Crippen MR) is 99.9 cm³/mol. The molecule has 0 saturated carbocycles. The Labute approximate surface area is 148 Å². The second-order valence-corrected chi connectivity index (χ2v) is 5.89. The van der Waals surface area contributed by atoms with Gasteiger partial charge >= 0.3 is 0 Å². The average molecular weight is 339 g/mol. The number of rotatable bonds is 8. The van der Waals surface area contributed by atoms with E-state index >= 15 is 0 Å². The van der Waals surface area contributed by atoms with Gasteiger partial charge in [0.2, 0.25) is 0 Å². The molecule has 0 spiro atoms. The Morgan fingerprint density at radius 3 is 2.16 bits per heavy atom. The number of nitrogens with one attached hydrogen (secondary N) is 3. The first kappa shape index (κ1) is 18.7. The zero-order valence-corrected chi connectivity index (χ0v) is 14.8. The first-order valence-corrected chi connectivity index (χ1v) is 8.47. The molecule has 0 aromatic heterocycles. The molecular weight excluding hydrogens is 314 g/mol. The van der Waals surface area contributed by atoms with Crippen molar-refractivity contribution in [2.75, 3.05) is 26.7 Å². The van der Waals surface area contributed by atoms with Crippen molar-refractivity contribution in [1.29, 1.82) is 0 Å². The fraction of sp³-hybridized carbons (Fsp3) is 0.300. The van der Waals surface area contributed by atoms with Crippen molar-refractivity contribution in [2.45, 2.75) is 13.3 Å². The van der Waals surface area contributed by atoms with Gasteiger partial charge in [0.15, 0.2) is 0 Å². The minimum absolute atomic E-state index is 0.115. The molecule has 0 aliphatic heterocycles. The minimum atomic E-state index is -0.135. The maximum atomic E-state index is 12.3. The number of benzene rings is 2.